The second kappa shape index (κ2) is 5.79. The van der Waals surface area contributed by atoms with Crippen LogP contribution in [-0.2, 0) is 0 Å². The monoisotopic (exact) mass is 320 g/mol. The van der Waals surface area contributed by atoms with E-state index in [4.69, 9.17) is 11.6 Å². The van der Waals surface area contributed by atoms with E-state index in [0.29, 0.717) is 22.5 Å². The molecular weight excluding hydrogens is 308 g/mol. The fourth-order valence-electron chi connectivity index (χ4n) is 1.88. The Bertz CT molecular complexity index is 787. The van der Waals surface area contributed by atoms with E-state index < -0.39 is 0 Å². The normalized spacial score (nSPS) is 10.8. The first-order valence-electron chi connectivity index (χ1n) is 6.44. The Labute approximate surface area is 130 Å². The zero-order valence-electron chi connectivity index (χ0n) is 11.5. The van der Waals surface area contributed by atoms with Crippen LogP contribution >= 0.6 is 23.3 Å². The number of fused-ring (bicyclic) bond motifs is 1. The largest absolute Gasteiger partial charge is 0.354 e. The summed E-state index contributed by atoms with van der Waals surface area (Å²) in [5.41, 5.74) is 3.20. The van der Waals surface area contributed by atoms with E-state index in [1.165, 1.54) is 0 Å². The molecule has 0 bridgehead atoms. The van der Waals surface area contributed by atoms with Gasteiger partial charge in [-0.1, -0.05) is 11.6 Å². The average Bonchev–Trinajstić information content (AvgIpc) is 2.94. The number of halogens is 1. The summed E-state index contributed by atoms with van der Waals surface area (Å²) in [5.74, 6) is 1.27. The fraction of sp³-hybridized carbons (Fsp3) is 0.231. The SMILES string of the molecule is CCNc1ncc(C)c(Nc2c(Cl)ccc3nsnc23)n1. The third kappa shape index (κ3) is 2.74. The predicted octanol–water partition coefficient (Wildman–Crippen LogP) is 3.62. The zero-order valence-corrected chi connectivity index (χ0v) is 13.1. The molecule has 0 aliphatic heterocycles. The summed E-state index contributed by atoms with van der Waals surface area (Å²) in [7, 11) is 0. The van der Waals surface area contributed by atoms with Crippen molar-refractivity contribution in [3.8, 4) is 0 Å². The summed E-state index contributed by atoms with van der Waals surface area (Å²) >= 11 is 7.44. The number of benzene rings is 1. The van der Waals surface area contributed by atoms with Crippen molar-refractivity contribution >= 4 is 51.8 Å². The van der Waals surface area contributed by atoms with Crippen molar-refractivity contribution < 1.29 is 0 Å². The van der Waals surface area contributed by atoms with Gasteiger partial charge in [0.2, 0.25) is 5.95 Å². The average molecular weight is 321 g/mol. The maximum absolute atomic E-state index is 6.28. The molecule has 0 saturated heterocycles. The highest BCUT2D eigenvalue weighted by Crippen LogP contribution is 2.32. The number of hydrogen-bond donors (Lipinski definition) is 2. The quantitative estimate of drug-likeness (QED) is 0.764. The van der Waals surface area contributed by atoms with Crippen LogP contribution in [0.1, 0.15) is 12.5 Å². The summed E-state index contributed by atoms with van der Waals surface area (Å²) < 4.78 is 8.51. The third-order valence-electron chi connectivity index (χ3n) is 2.93. The molecule has 0 fully saturated rings. The lowest BCUT2D eigenvalue weighted by molar-refractivity contribution is 1.07. The lowest BCUT2D eigenvalue weighted by atomic mass is 10.2. The fourth-order valence-corrected chi connectivity index (χ4v) is 2.62. The third-order valence-corrected chi connectivity index (χ3v) is 3.78. The Hall–Kier alpha value is -1.99. The summed E-state index contributed by atoms with van der Waals surface area (Å²) in [5, 5.41) is 6.92. The molecule has 6 nitrogen and oxygen atoms in total. The highest BCUT2D eigenvalue weighted by molar-refractivity contribution is 7.00. The highest BCUT2D eigenvalue weighted by atomic mass is 35.5. The molecule has 2 heterocycles. The molecule has 2 N–H and O–H groups in total. The van der Waals surface area contributed by atoms with Crippen molar-refractivity contribution in [3.63, 3.8) is 0 Å². The van der Waals surface area contributed by atoms with Crippen molar-refractivity contribution in [2.75, 3.05) is 17.2 Å². The summed E-state index contributed by atoms with van der Waals surface area (Å²) in [6.45, 7) is 4.69. The Kier molecular flexibility index (Phi) is 3.85. The molecule has 3 rings (SSSR count). The Morgan fingerprint density at radius 1 is 1.29 bits per heavy atom. The molecule has 21 heavy (non-hydrogen) atoms. The van der Waals surface area contributed by atoms with E-state index in [0.717, 1.165) is 34.9 Å². The maximum Gasteiger partial charge on any atom is 0.224 e. The topological polar surface area (TPSA) is 75.6 Å². The summed E-state index contributed by atoms with van der Waals surface area (Å²) in [6.07, 6.45) is 1.76. The van der Waals surface area contributed by atoms with Crippen LogP contribution in [-0.4, -0.2) is 25.3 Å². The molecule has 0 atom stereocenters. The van der Waals surface area contributed by atoms with Gasteiger partial charge in [0.15, 0.2) is 0 Å². The molecular formula is C13H13ClN6S. The molecule has 0 aliphatic carbocycles. The zero-order chi connectivity index (χ0) is 14.8. The van der Waals surface area contributed by atoms with Crippen LogP contribution in [0.3, 0.4) is 0 Å². The van der Waals surface area contributed by atoms with Crippen molar-refractivity contribution in [2.45, 2.75) is 13.8 Å². The van der Waals surface area contributed by atoms with Crippen LogP contribution in [0.15, 0.2) is 18.3 Å². The smallest absolute Gasteiger partial charge is 0.224 e. The van der Waals surface area contributed by atoms with Gasteiger partial charge in [-0.25, -0.2) is 4.98 Å². The van der Waals surface area contributed by atoms with Gasteiger partial charge < -0.3 is 10.6 Å². The molecule has 8 heteroatoms. The molecule has 3 aromatic rings. The van der Waals surface area contributed by atoms with Gasteiger partial charge in [-0.2, -0.15) is 13.7 Å². The van der Waals surface area contributed by atoms with Gasteiger partial charge in [0.1, 0.15) is 16.9 Å². The Morgan fingerprint density at radius 2 is 2.14 bits per heavy atom. The number of hydrogen-bond acceptors (Lipinski definition) is 7. The van der Waals surface area contributed by atoms with E-state index >= 15 is 0 Å². The molecule has 108 valence electrons. The molecule has 0 aliphatic rings. The van der Waals surface area contributed by atoms with Crippen molar-refractivity contribution in [2.24, 2.45) is 0 Å². The summed E-state index contributed by atoms with van der Waals surface area (Å²) in [4.78, 5) is 8.68. The van der Waals surface area contributed by atoms with Crippen molar-refractivity contribution in [1.29, 1.82) is 0 Å². The van der Waals surface area contributed by atoms with E-state index in [2.05, 4.69) is 29.3 Å². The van der Waals surface area contributed by atoms with Gasteiger partial charge in [-0.15, -0.1) is 0 Å². The van der Waals surface area contributed by atoms with Gasteiger partial charge in [0, 0.05) is 18.3 Å². The molecule has 2 aromatic heterocycles. The van der Waals surface area contributed by atoms with Crippen LogP contribution in [0.25, 0.3) is 11.0 Å². The van der Waals surface area contributed by atoms with Crippen LogP contribution < -0.4 is 10.6 Å². The van der Waals surface area contributed by atoms with Crippen LogP contribution in [0.4, 0.5) is 17.5 Å². The van der Waals surface area contributed by atoms with E-state index in [-0.39, 0.29) is 0 Å². The summed E-state index contributed by atoms with van der Waals surface area (Å²) in [6, 6.07) is 3.65. The van der Waals surface area contributed by atoms with Gasteiger partial charge in [-0.05, 0) is 26.0 Å². The van der Waals surface area contributed by atoms with E-state index in [1.807, 2.05) is 19.9 Å². The Balaban J connectivity index is 2.04. The van der Waals surface area contributed by atoms with Gasteiger partial charge in [0.25, 0.3) is 0 Å². The second-order valence-electron chi connectivity index (χ2n) is 4.43. The lowest BCUT2D eigenvalue weighted by Gasteiger charge is -2.11. The highest BCUT2D eigenvalue weighted by Gasteiger charge is 2.12. The number of anilines is 3. The minimum absolute atomic E-state index is 0.574. The number of nitrogens with zero attached hydrogens (tertiary/aromatic N) is 4. The van der Waals surface area contributed by atoms with Crippen molar-refractivity contribution in [3.05, 3.63) is 28.9 Å². The predicted molar refractivity (Wildman–Crippen MR) is 86.6 cm³/mol. The van der Waals surface area contributed by atoms with Gasteiger partial charge in [0.05, 0.1) is 22.4 Å². The van der Waals surface area contributed by atoms with Crippen molar-refractivity contribution in [1.82, 2.24) is 18.7 Å². The number of aromatic nitrogens is 4. The molecule has 1 aromatic carbocycles. The standard InChI is InChI=1S/C13H13ClN6S/c1-3-15-13-16-6-7(2)12(18-13)17-10-8(14)4-5-9-11(10)20-21-19-9/h4-6H,3H2,1-2H3,(H2,15,16,17,18). The lowest BCUT2D eigenvalue weighted by Crippen LogP contribution is -2.05. The number of nitrogens with one attached hydrogen (secondary N) is 2. The molecule has 0 amide bonds. The van der Waals surface area contributed by atoms with E-state index in [9.17, 15) is 0 Å². The van der Waals surface area contributed by atoms with E-state index in [1.54, 1.807) is 12.3 Å². The first-order valence-corrected chi connectivity index (χ1v) is 7.55. The number of aryl methyl sites for hydroxylation is 1. The molecule has 0 radical (unpaired) electrons. The van der Waals surface area contributed by atoms with Crippen LogP contribution in [0.2, 0.25) is 5.02 Å². The maximum atomic E-state index is 6.28. The Morgan fingerprint density at radius 3 is 2.95 bits per heavy atom. The van der Waals surface area contributed by atoms with Crippen LogP contribution in [0.5, 0.6) is 0 Å². The first-order chi connectivity index (χ1) is 10.2. The molecule has 0 saturated carbocycles. The first kappa shape index (κ1) is 14.0. The number of rotatable bonds is 4. The van der Waals surface area contributed by atoms with Gasteiger partial charge in [-0.3, -0.25) is 0 Å². The van der Waals surface area contributed by atoms with Crippen LogP contribution in [0, 0.1) is 6.92 Å². The minimum atomic E-state index is 0.574. The molecule has 0 spiro atoms. The van der Waals surface area contributed by atoms with Gasteiger partial charge >= 0.3 is 0 Å². The molecule has 0 unspecified atom stereocenters. The second-order valence-corrected chi connectivity index (χ2v) is 5.37. The minimum Gasteiger partial charge on any atom is -0.354 e.